The zero-order valence-corrected chi connectivity index (χ0v) is 9.61. The van der Waals surface area contributed by atoms with Crippen LogP contribution in [0.4, 0.5) is 0 Å². The van der Waals surface area contributed by atoms with Crippen LogP contribution in [0.2, 0.25) is 0 Å². The average Bonchev–Trinajstić information content (AvgIpc) is 2.96. The van der Waals surface area contributed by atoms with Gasteiger partial charge in [-0.25, -0.2) is 0 Å². The van der Waals surface area contributed by atoms with Gasteiger partial charge in [0.05, 0.1) is 6.10 Å². The standard InChI is InChI=1S/C14H19NO/c15-10-14(7-8-14)12-5-3-11(4-6-12)13-2-1-9-16-13/h3-6,13H,1-2,7-10,15H2. The summed E-state index contributed by atoms with van der Waals surface area (Å²) in [6, 6.07) is 8.94. The first-order valence-corrected chi connectivity index (χ1v) is 6.26. The van der Waals surface area contributed by atoms with E-state index in [0.717, 1.165) is 13.2 Å². The van der Waals surface area contributed by atoms with Crippen molar-refractivity contribution < 1.29 is 4.74 Å². The molecule has 1 aromatic rings. The van der Waals surface area contributed by atoms with Crippen LogP contribution in [0.5, 0.6) is 0 Å². The number of hydrogen-bond donors (Lipinski definition) is 1. The van der Waals surface area contributed by atoms with E-state index in [0.29, 0.717) is 11.5 Å². The fourth-order valence-corrected chi connectivity index (χ4v) is 2.65. The van der Waals surface area contributed by atoms with Gasteiger partial charge in [-0.05, 0) is 36.8 Å². The molecule has 1 saturated carbocycles. The summed E-state index contributed by atoms with van der Waals surface area (Å²) >= 11 is 0. The third-order valence-corrected chi connectivity index (χ3v) is 4.07. The van der Waals surface area contributed by atoms with E-state index in [4.69, 9.17) is 10.5 Å². The number of nitrogens with two attached hydrogens (primary N) is 1. The second-order valence-electron chi connectivity index (χ2n) is 5.11. The van der Waals surface area contributed by atoms with E-state index in [-0.39, 0.29) is 0 Å². The number of hydrogen-bond acceptors (Lipinski definition) is 2. The van der Waals surface area contributed by atoms with Crippen LogP contribution in [0, 0.1) is 0 Å². The van der Waals surface area contributed by atoms with Gasteiger partial charge in [-0.3, -0.25) is 0 Å². The molecule has 1 aliphatic heterocycles. The Morgan fingerprint density at radius 3 is 2.50 bits per heavy atom. The zero-order valence-electron chi connectivity index (χ0n) is 9.61. The van der Waals surface area contributed by atoms with Crippen LogP contribution >= 0.6 is 0 Å². The van der Waals surface area contributed by atoms with Crippen molar-refractivity contribution >= 4 is 0 Å². The van der Waals surface area contributed by atoms with E-state index in [1.54, 1.807) is 0 Å². The van der Waals surface area contributed by atoms with Gasteiger partial charge in [0.15, 0.2) is 0 Å². The summed E-state index contributed by atoms with van der Waals surface area (Å²) in [6.45, 7) is 1.70. The molecule has 0 spiro atoms. The predicted molar refractivity (Wildman–Crippen MR) is 64.3 cm³/mol. The molecule has 2 nitrogen and oxygen atoms in total. The van der Waals surface area contributed by atoms with Gasteiger partial charge in [0.1, 0.15) is 0 Å². The van der Waals surface area contributed by atoms with Crippen molar-refractivity contribution in [3.8, 4) is 0 Å². The van der Waals surface area contributed by atoms with Crippen molar-refractivity contribution in [2.24, 2.45) is 5.73 Å². The lowest BCUT2D eigenvalue weighted by Gasteiger charge is -2.15. The third-order valence-electron chi connectivity index (χ3n) is 4.07. The third kappa shape index (κ3) is 1.66. The van der Waals surface area contributed by atoms with Crippen LogP contribution < -0.4 is 5.73 Å². The van der Waals surface area contributed by atoms with Crippen LogP contribution in [-0.4, -0.2) is 13.2 Å². The highest BCUT2D eigenvalue weighted by molar-refractivity contribution is 5.35. The largest absolute Gasteiger partial charge is 0.374 e. The lowest BCUT2D eigenvalue weighted by atomic mass is 9.94. The van der Waals surface area contributed by atoms with E-state index in [2.05, 4.69) is 24.3 Å². The molecule has 86 valence electrons. The Morgan fingerprint density at radius 2 is 2.00 bits per heavy atom. The molecule has 2 heteroatoms. The van der Waals surface area contributed by atoms with Gasteiger partial charge in [-0.15, -0.1) is 0 Å². The number of ether oxygens (including phenoxy) is 1. The van der Waals surface area contributed by atoms with Gasteiger partial charge in [-0.2, -0.15) is 0 Å². The zero-order chi connectivity index (χ0) is 11.0. The van der Waals surface area contributed by atoms with Gasteiger partial charge in [0.25, 0.3) is 0 Å². The molecule has 0 radical (unpaired) electrons. The number of benzene rings is 1. The molecule has 1 saturated heterocycles. The van der Waals surface area contributed by atoms with E-state index in [1.165, 1.54) is 36.8 Å². The van der Waals surface area contributed by atoms with Crippen molar-refractivity contribution in [2.45, 2.75) is 37.2 Å². The molecule has 2 N–H and O–H groups in total. The Bertz CT molecular complexity index is 361. The SMILES string of the molecule is NCC1(c2ccc(C3CCCO3)cc2)CC1. The minimum Gasteiger partial charge on any atom is -0.374 e. The fourth-order valence-electron chi connectivity index (χ4n) is 2.65. The Kier molecular flexibility index (Phi) is 2.49. The summed E-state index contributed by atoms with van der Waals surface area (Å²) in [6.07, 6.45) is 5.20. The maximum absolute atomic E-state index is 5.84. The Balaban J connectivity index is 1.79. The minimum atomic E-state index is 0.315. The van der Waals surface area contributed by atoms with Crippen molar-refractivity contribution in [2.75, 3.05) is 13.2 Å². The minimum absolute atomic E-state index is 0.315. The Morgan fingerprint density at radius 1 is 1.25 bits per heavy atom. The average molecular weight is 217 g/mol. The molecule has 0 aromatic heterocycles. The van der Waals surface area contributed by atoms with Gasteiger partial charge in [0, 0.05) is 18.6 Å². The van der Waals surface area contributed by atoms with Gasteiger partial charge < -0.3 is 10.5 Å². The van der Waals surface area contributed by atoms with Crippen molar-refractivity contribution in [1.82, 2.24) is 0 Å². The second kappa shape index (κ2) is 3.86. The molecule has 1 aromatic carbocycles. The second-order valence-corrected chi connectivity index (χ2v) is 5.11. The first-order chi connectivity index (χ1) is 7.84. The summed E-state index contributed by atoms with van der Waals surface area (Å²) in [7, 11) is 0. The molecule has 0 bridgehead atoms. The van der Waals surface area contributed by atoms with Crippen molar-refractivity contribution in [1.29, 1.82) is 0 Å². The van der Waals surface area contributed by atoms with Crippen LogP contribution in [0.25, 0.3) is 0 Å². The maximum atomic E-state index is 5.84. The first kappa shape index (κ1) is 10.3. The lowest BCUT2D eigenvalue weighted by Crippen LogP contribution is -2.19. The van der Waals surface area contributed by atoms with Crippen LogP contribution in [0.3, 0.4) is 0 Å². The highest BCUT2D eigenvalue weighted by Crippen LogP contribution is 2.47. The summed E-state index contributed by atoms with van der Waals surface area (Å²) < 4.78 is 5.68. The fraction of sp³-hybridized carbons (Fsp3) is 0.571. The summed E-state index contributed by atoms with van der Waals surface area (Å²) in [5.41, 5.74) is 8.89. The molecular weight excluding hydrogens is 198 g/mol. The van der Waals surface area contributed by atoms with E-state index in [9.17, 15) is 0 Å². The molecule has 1 atom stereocenters. The van der Waals surface area contributed by atoms with E-state index < -0.39 is 0 Å². The maximum Gasteiger partial charge on any atom is 0.0825 e. The molecular formula is C14H19NO. The van der Waals surface area contributed by atoms with Gasteiger partial charge in [0.2, 0.25) is 0 Å². The van der Waals surface area contributed by atoms with Crippen LogP contribution in [0.1, 0.15) is 42.9 Å². The summed E-state index contributed by atoms with van der Waals surface area (Å²) in [5.74, 6) is 0. The monoisotopic (exact) mass is 217 g/mol. The quantitative estimate of drug-likeness (QED) is 0.844. The summed E-state index contributed by atoms with van der Waals surface area (Å²) in [4.78, 5) is 0. The molecule has 1 heterocycles. The first-order valence-electron chi connectivity index (χ1n) is 6.26. The predicted octanol–water partition coefficient (Wildman–Crippen LogP) is 2.53. The topological polar surface area (TPSA) is 35.2 Å². The van der Waals surface area contributed by atoms with E-state index >= 15 is 0 Å². The summed E-state index contributed by atoms with van der Waals surface area (Å²) in [5, 5.41) is 0. The Labute approximate surface area is 96.8 Å². The molecule has 1 unspecified atom stereocenters. The van der Waals surface area contributed by atoms with Crippen LogP contribution in [-0.2, 0) is 10.2 Å². The number of rotatable bonds is 3. The lowest BCUT2D eigenvalue weighted by molar-refractivity contribution is 0.112. The molecule has 1 aliphatic carbocycles. The smallest absolute Gasteiger partial charge is 0.0825 e. The molecule has 0 amide bonds. The molecule has 2 aliphatic rings. The van der Waals surface area contributed by atoms with E-state index in [1.807, 2.05) is 0 Å². The van der Waals surface area contributed by atoms with Crippen LogP contribution in [0.15, 0.2) is 24.3 Å². The van der Waals surface area contributed by atoms with Gasteiger partial charge in [-0.1, -0.05) is 24.3 Å². The molecule has 3 rings (SSSR count). The van der Waals surface area contributed by atoms with Crippen molar-refractivity contribution in [3.63, 3.8) is 0 Å². The highest BCUT2D eigenvalue weighted by Gasteiger charge is 2.42. The Hall–Kier alpha value is -0.860. The highest BCUT2D eigenvalue weighted by atomic mass is 16.5. The normalized spacial score (nSPS) is 26.9. The molecule has 2 fully saturated rings. The molecule has 16 heavy (non-hydrogen) atoms. The van der Waals surface area contributed by atoms with Gasteiger partial charge >= 0.3 is 0 Å². The van der Waals surface area contributed by atoms with Crippen molar-refractivity contribution in [3.05, 3.63) is 35.4 Å².